The molecule has 2 aromatic carbocycles. The van der Waals surface area contributed by atoms with E-state index in [0.717, 1.165) is 11.6 Å². The van der Waals surface area contributed by atoms with Crippen LogP contribution >= 0.6 is 0 Å². The maximum Gasteiger partial charge on any atom is 0.251 e. The standard InChI is InChI=1S/C20H20FN3O4/c1-11-3-6-17(28-2)16(7-11)24-10-12(8-18(24)25)20(27)23-13-4-5-15(21)14(9-13)19(22)26/h3-7,9,12H,8,10H2,1-2H3,(H2,22,26)(H,23,27). The summed E-state index contributed by atoms with van der Waals surface area (Å²) in [5.74, 6) is -2.34. The summed E-state index contributed by atoms with van der Waals surface area (Å²) in [5.41, 5.74) is 6.62. The van der Waals surface area contributed by atoms with Crippen molar-refractivity contribution >= 4 is 29.1 Å². The number of hydrogen-bond donors (Lipinski definition) is 2. The van der Waals surface area contributed by atoms with E-state index in [4.69, 9.17) is 10.5 Å². The van der Waals surface area contributed by atoms with Crippen molar-refractivity contribution in [2.24, 2.45) is 11.7 Å². The van der Waals surface area contributed by atoms with Gasteiger partial charge in [0, 0.05) is 18.7 Å². The Morgan fingerprint density at radius 1 is 1.25 bits per heavy atom. The molecule has 1 unspecified atom stereocenters. The van der Waals surface area contributed by atoms with Crippen LogP contribution in [0.15, 0.2) is 36.4 Å². The Bertz CT molecular complexity index is 960. The zero-order valence-corrected chi connectivity index (χ0v) is 15.5. The average Bonchev–Trinajstić information content (AvgIpc) is 3.04. The quantitative estimate of drug-likeness (QED) is 0.824. The highest BCUT2D eigenvalue weighted by atomic mass is 19.1. The number of halogens is 1. The van der Waals surface area contributed by atoms with Crippen LogP contribution in [0.2, 0.25) is 0 Å². The number of methoxy groups -OCH3 is 1. The lowest BCUT2D eigenvalue weighted by Gasteiger charge is -2.20. The predicted octanol–water partition coefficient (Wildman–Crippen LogP) is 2.23. The highest BCUT2D eigenvalue weighted by molar-refractivity contribution is 6.04. The second-order valence-corrected chi connectivity index (χ2v) is 6.63. The molecule has 28 heavy (non-hydrogen) atoms. The van der Waals surface area contributed by atoms with Crippen molar-refractivity contribution in [3.63, 3.8) is 0 Å². The van der Waals surface area contributed by atoms with E-state index in [9.17, 15) is 18.8 Å². The fraction of sp³-hybridized carbons (Fsp3) is 0.250. The van der Waals surface area contributed by atoms with Crippen molar-refractivity contribution in [1.29, 1.82) is 0 Å². The van der Waals surface area contributed by atoms with Crippen LogP contribution in [0.3, 0.4) is 0 Å². The van der Waals surface area contributed by atoms with E-state index in [1.165, 1.54) is 24.1 Å². The lowest BCUT2D eigenvalue weighted by Crippen LogP contribution is -2.28. The average molecular weight is 385 g/mol. The minimum atomic E-state index is -0.928. The summed E-state index contributed by atoms with van der Waals surface area (Å²) in [5, 5.41) is 2.62. The molecule has 0 bridgehead atoms. The second-order valence-electron chi connectivity index (χ2n) is 6.63. The molecule has 2 aromatic rings. The molecule has 0 spiro atoms. The summed E-state index contributed by atoms with van der Waals surface area (Å²) in [6.45, 7) is 2.09. The first-order valence-corrected chi connectivity index (χ1v) is 8.65. The van der Waals surface area contributed by atoms with Crippen LogP contribution in [0.25, 0.3) is 0 Å². The number of nitrogens with one attached hydrogen (secondary N) is 1. The smallest absolute Gasteiger partial charge is 0.251 e. The Balaban J connectivity index is 1.77. The van der Waals surface area contributed by atoms with Gasteiger partial charge in [-0.05, 0) is 42.8 Å². The number of nitrogens with two attached hydrogens (primary N) is 1. The lowest BCUT2D eigenvalue weighted by atomic mass is 10.1. The van der Waals surface area contributed by atoms with Gasteiger partial charge in [0.05, 0.1) is 24.3 Å². The molecule has 1 fully saturated rings. The first kappa shape index (κ1) is 19.3. The molecule has 0 radical (unpaired) electrons. The first-order chi connectivity index (χ1) is 13.3. The third-order valence-electron chi connectivity index (χ3n) is 4.62. The van der Waals surface area contributed by atoms with Gasteiger partial charge < -0.3 is 20.7 Å². The highest BCUT2D eigenvalue weighted by Gasteiger charge is 2.36. The molecule has 1 aliphatic heterocycles. The minimum absolute atomic E-state index is 0.0345. The topological polar surface area (TPSA) is 102 Å². The minimum Gasteiger partial charge on any atom is -0.495 e. The van der Waals surface area contributed by atoms with E-state index in [-0.39, 0.29) is 30.1 Å². The molecule has 146 valence electrons. The van der Waals surface area contributed by atoms with Crippen molar-refractivity contribution in [1.82, 2.24) is 0 Å². The normalized spacial score (nSPS) is 16.2. The third kappa shape index (κ3) is 3.80. The molecule has 8 heteroatoms. The van der Waals surface area contributed by atoms with Crippen molar-refractivity contribution in [3.05, 3.63) is 53.3 Å². The summed E-state index contributed by atoms with van der Waals surface area (Å²) in [6.07, 6.45) is 0.0345. The van der Waals surface area contributed by atoms with Crippen LogP contribution in [0, 0.1) is 18.7 Å². The summed E-state index contributed by atoms with van der Waals surface area (Å²) in [7, 11) is 1.52. The van der Waals surface area contributed by atoms with Crippen LogP contribution < -0.4 is 20.7 Å². The number of hydrogen-bond acceptors (Lipinski definition) is 4. The molecule has 3 amide bonds. The lowest BCUT2D eigenvalue weighted by molar-refractivity contribution is -0.122. The molecule has 0 saturated carbocycles. The van der Waals surface area contributed by atoms with Gasteiger partial charge in [-0.15, -0.1) is 0 Å². The maximum atomic E-state index is 13.6. The number of ether oxygens (including phenoxy) is 1. The number of aryl methyl sites for hydroxylation is 1. The number of anilines is 2. The van der Waals surface area contributed by atoms with Crippen LogP contribution in [0.1, 0.15) is 22.3 Å². The molecule has 3 N–H and O–H groups in total. The molecule has 1 saturated heterocycles. The molecule has 3 rings (SSSR count). The largest absolute Gasteiger partial charge is 0.495 e. The zero-order valence-electron chi connectivity index (χ0n) is 15.5. The molecule has 1 heterocycles. The number of benzene rings is 2. The van der Waals surface area contributed by atoms with Crippen LogP contribution in [0.4, 0.5) is 15.8 Å². The van der Waals surface area contributed by atoms with E-state index in [1.807, 2.05) is 19.1 Å². The molecule has 1 atom stereocenters. The SMILES string of the molecule is COc1ccc(C)cc1N1CC(C(=O)Nc2ccc(F)c(C(N)=O)c2)CC1=O. The summed E-state index contributed by atoms with van der Waals surface area (Å²) >= 11 is 0. The first-order valence-electron chi connectivity index (χ1n) is 8.65. The van der Waals surface area contributed by atoms with Crippen LogP contribution in [0.5, 0.6) is 5.75 Å². The predicted molar refractivity (Wildman–Crippen MR) is 102 cm³/mol. The van der Waals surface area contributed by atoms with Crippen molar-refractivity contribution < 1.29 is 23.5 Å². The Morgan fingerprint density at radius 3 is 2.68 bits per heavy atom. The fourth-order valence-corrected chi connectivity index (χ4v) is 3.16. The van der Waals surface area contributed by atoms with Gasteiger partial charge in [0.1, 0.15) is 11.6 Å². The molecule has 1 aliphatic rings. The second kappa shape index (κ2) is 7.67. The van der Waals surface area contributed by atoms with Gasteiger partial charge in [-0.2, -0.15) is 0 Å². The van der Waals surface area contributed by atoms with Crippen molar-refractivity contribution in [2.75, 3.05) is 23.9 Å². The number of primary amides is 1. The Hall–Kier alpha value is -3.42. The number of carbonyl (C=O) groups excluding carboxylic acids is 3. The highest BCUT2D eigenvalue weighted by Crippen LogP contribution is 2.34. The van der Waals surface area contributed by atoms with Gasteiger partial charge in [0.25, 0.3) is 5.91 Å². The molecule has 0 aromatic heterocycles. The van der Waals surface area contributed by atoms with Gasteiger partial charge in [0.15, 0.2) is 0 Å². The number of amides is 3. The van der Waals surface area contributed by atoms with E-state index in [2.05, 4.69) is 5.32 Å². The van der Waals surface area contributed by atoms with Gasteiger partial charge >= 0.3 is 0 Å². The summed E-state index contributed by atoms with van der Waals surface area (Å²) in [4.78, 5) is 37.9. The Labute approximate surface area is 161 Å². The van der Waals surface area contributed by atoms with Gasteiger partial charge in [0.2, 0.25) is 11.8 Å². The van der Waals surface area contributed by atoms with Crippen LogP contribution in [-0.2, 0) is 9.59 Å². The number of nitrogens with zero attached hydrogens (tertiary/aromatic N) is 1. The number of carbonyl (C=O) groups is 3. The molecular weight excluding hydrogens is 365 g/mol. The van der Waals surface area contributed by atoms with Gasteiger partial charge in [-0.1, -0.05) is 6.07 Å². The van der Waals surface area contributed by atoms with E-state index in [0.29, 0.717) is 11.4 Å². The number of rotatable bonds is 5. The van der Waals surface area contributed by atoms with Crippen molar-refractivity contribution in [2.45, 2.75) is 13.3 Å². The molecular formula is C20H20FN3O4. The monoisotopic (exact) mass is 385 g/mol. The molecule has 0 aliphatic carbocycles. The van der Waals surface area contributed by atoms with E-state index >= 15 is 0 Å². The Kier molecular flexibility index (Phi) is 5.30. The van der Waals surface area contributed by atoms with E-state index in [1.54, 1.807) is 6.07 Å². The fourth-order valence-electron chi connectivity index (χ4n) is 3.16. The van der Waals surface area contributed by atoms with Gasteiger partial charge in [-0.3, -0.25) is 14.4 Å². The third-order valence-corrected chi connectivity index (χ3v) is 4.62. The van der Waals surface area contributed by atoms with Crippen molar-refractivity contribution in [3.8, 4) is 5.75 Å². The summed E-state index contributed by atoms with van der Waals surface area (Å²) in [6, 6.07) is 9.04. The van der Waals surface area contributed by atoms with Crippen LogP contribution in [-0.4, -0.2) is 31.4 Å². The van der Waals surface area contributed by atoms with Gasteiger partial charge in [-0.25, -0.2) is 4.39 Å². The maximum absolute atomic E-state index is 13.6. The van der Waals surface area contributed by atoms with E-state index < -0.39 is 23.5 Å². The zero-order chi connectivity index (χ0) is 20.4. The summed E-state index contributed by atoms with van der Waals surface area (Å²) < 4.78 is 18.9. The molecule has 7 nitrogen and oxygen atoms in total. The Morgan fingerprint density at radius 2 is 2.00 bits per heavy atom.